The number of piperazine rings is 1. The number of aryl methyl sites for hydroxylation is 1. The number of fused-ring (bicyclic) bond motifs is 1. The van der Waals surface area contributed by atoms with Crippen LogP contribution >= 0.6 is 0 Å². The first-order valence-corrected chi connectivity index (χ1v) is 10.7. The Kier molecular flexibility index (Phi) is 6.32. The van der Waals surface area contributed by atoms with Crippen molar-refractivity contribution in [1.82, 2.24) is 25.1 Å². The monoisotopic (exact) mass is 419 g/mol. The summed E-state index contributed by atoms with van der Waals surface area (Å²) < 4.78 is 0. The molecule has 4 rings (SSSR count). The molecule has 1 unspecified atom stereocenters. The number of imidazole rings is 1. The van der Waals surface area contributed by atoms with Gasteiger partial charge in [0.2, 0.25) is 11.8 Å². The van der Waals surface area contributed by atoms with Crippen LogP contribution in [-0.2, 0) is 22.6 Å². The number of aromatic nitrogens is 2. The van der Waals surface area contributed by atoms with Crippen molar-refractivity contribution in [3.63, 3.8) is 0 Å². The predicted molar refractivity (Wildman–Crippen MR) is 120 cm³/mol. The molecule has 2 aromatic carbocycles. The summed E-state index contributed by atoms with van der Waals surface area (Å²) in [6.45, 7) is 4.52. The van der Waals surface area contributed by atoms with E-state index in [0.29, 0.717) is 13.1 Å². The van der Waals surface area contributed by atoms with Crippen LogP contribution in [0.15, 0.2) is 48.5 Å². The van der Waals surface area contributed by atoms with Crippen LogP contribution in [0, 0.1) is 6.92 Å². The highest BCUT2D eigenvalue weighted by Gasteiger charge is 2.32. The zero-order valence-electron chi connectivity index (χ0n) is 18.1. The molecule has 0 radical (unpaired) electrons. The molecule has 1 saturated heterocycles. The number of para-hydroxylation sites is 1. The lowest BCUT2D eigenvalue weighted by Gasteiger charge is -2.35. The fraction of sp³-hybridized carbons (Fsp3) is 0.375. The number of H-pyrrole nitrogens is 1. The van der Waals surface area contributed by atoms with Gasteiger partial charge >= 0.3 is 0 Å². The van der Waals surface area contributed by atoms with Crippen LogP contribution in [0.3, 0.4) is 0 Å². The van der Waals surface area contributed by atoms with Crippen molar-refractivity contribution >= 4 is 22.8 Å². The molecule has 1 fully saturated rings. The fourth-order valence-electron chi connectivity index (χ4n) is 4.10. The molecule has 162 valence electrons. The average molecular weight is 420 g/mol. The van der Waals surface area contributed by atoms with E-state index < -0.39 is 6.04 Å². The summed E-state index contributed by atoms with van der Waals surface area (Å²) in [6, 6.07) is 15.8. The second kappa shape index (κ2) is 9.31. The van der Waals surface area contributed by atoms with E-state index in [4.69, 9.17) is 0 Å². The summed E-state index contributed by atoms with van der Waals surface area (Å²) in [7, 11) is 1.76. The van der Waals surface area contributed by atoms with E-state index >= 15 is 0 Å². The lowest BCUT2D eigenvalue weighted by molar-refractivity contribution is -0.138. The SMILES string of the molecule is Cc1cccc2[nH]c(CN(C)C(=O)CC3C(=O)NCCN3CCc3ccccc3)nc12. The van der Waals surface area contributed by atoms with Gasteiger partial charge in [0.15, 0.2) is 0 Å². The number of nitrogens with one attached hydrogen (secondary N) is 2. The van der Waals surface area contributed by atoms with E-state index in [1.54, 1.807) is 11.9 Å². The molecular formula is C24H29N5O2. The van der Waals surface area contributed by atoms with Crippen LogP contribution in [0.25, 0.3) is 11.0 Å². The number of rotatable bonds is 7. The largest absolute Gasteiger partial charge is 0.353 e. The maximum Gasteiger partial charge on any atom is 0.237 e. The molecule has 1 aliphatic heterocycles. The van der Waals surface area contributed by atoms with Crippen molar-refractivity contribution in [1.29, 1.82) is 0 Å². The maximum absolute atomic E-state index is 12.9. The Bertz CT molecular complexity index is 1060. The zero-order valence-corrected chi connectivity index (χ0v) is 18.1. The van der Waals surface area contributed by atoms with Crippen LogP contribution in [0.4, 0.5) is 0 Å². The van der Waals surface area contributed by atoms with Gasteiger partial charge in [-0.15, -0.1) is 0 Å². The van der Waals surface area contributed by atoms with Crippen LogP contribution in [0.2, 0.25) is 0 Å². The second-order valence-corrected chi connectivity index (χ2v) is 8.19. The van der Waals surface area contributed by atoms with E-state index in [9.17, 15) is 9.59 Å². The molecule has 7 heteroatoms. The summed E-state index contributed by atoms with van der Waals surface area (Å²) in [5.74, 6) is 0.610. The minimum Gasteiger partial charge on any atom is -0.353 e. The highest BCUT2D eigenvalue weighted by atomic mass is 16.2. The van der Waals surface area contributed by atoms with Crippen molar-refractivity contribution in [2.24, 2.45) is 0 Å². The van der Waals surface area contributed by atoms with Gasteiger partial charge in [0.05, 0.1) is 30.0 Å². The molecule has 7 nitrogen and oxygen atoms in total. The van der Waals surface area contributed by atoms with Gasteiger partial charge in [-0.3, -0.25) is 14.5 Å². The van der Waals surface area contributed by atoms with Gasteiger partial charge in [0.25, 0.3) is 0 Å². The van der Waals surface area contributed by atoms with E-state index in [1.165, 1.54) is 5.56 Å². The highest BCUT2D eigenvalue weighted by Crippen LogP contribution is 2.17. The zero-order chi connectivity index (χ0) is 21.8. The molecule has 0 bridgehead atoms. The number of amides is 2. The molecule has 2 N–H and O–H groups in total. The normalized spacial score (nSPS) is 17.0. The average Bonchev–Trinajstić information content (AvgIpc) is 3.18. The summed E-state index contributed by atoms with van der Waals surface area (Å²) in [4.78, 5) is 37.2. The maximum atomic E-state index is 12.9. The summed E-state index contributed by atoms with van der Waals surface area (Å²) in [5, 5.41) is 2.91. The number of carbonyl (C=O) groups excluding carboxylic acids is 2. The summed E-state index contributed by atoms with van der Waals surface area (Å²) in [6.07, 6.45) is 1.02. The van der Waals surface area contributed by atoms with E-state index in [-0.39, 0.29) is 18.2 Å². The first-order valence-electron chi connectivity index (χ1n) is 10.7. The van der Waals surface area contributed by atoms with Crippen LogP contribution in [0.5, 0.6) is 0 Å². The summed E-state index contributed by atoms with van der Waals surface area (Å²) in [5.41, 5.74) is 4.23. The van der Waals surface area contributed by atoms with Crippen LogP contribution in [0.1, 0.15) is 23.4 Å². The second-order valence-electron chi connectivity index (χ2n) is 8.19. The molecule has 3 aromatic rings. The minimum absolute atomic E-state index is 0.0658. The van der Waals surface area contributed by atoms with Crippen molar-refractivity contribution < 1.29 is 9.59 Å². The van der Waals surface area contributed by atoms with Crippen molar-refractivity contribution in [2.75, 3.05) is 26.7 Å². The van der Waals surface area contributed by atoms with E-state index in [0.717, 1.165) is 41.9 Å². The number of hydrogen-bond donors (Lipinski definition) is 2. The van der Waals surface area contributed by atoms with Gasteiger partial charge in [-0.05, 0) is 30.5 Å². The molecule has 1 atom stereocenters. The molecule has 0 spiro atoms. The van der Waals surface area contributed by atoms with Gasteiger partial charge in [-0.1, -0.05) is 42.5 Å². The molecule has 2 amide bonds. The lowest BCUT2D eigenvalue weighted by Crippen LogP contribution is -2.56. The topological polar surface area (TPSA) is 81.3 Å². The Balaban J connectivity index is 1.39. The van der Waals surface area contributed by atoms with Gasteiger partial charge in [0.1, 0.15) is 5.82 Å². The van der Waals surface area contributed by atoms with Gasteiger partial charge in [-0.25, -0.2) is 4.98 Å². The Morgan fingerprint density at radius 1 is 1.19 bits per heavy atom. The number of hydrogen-bond acceptors (Lipinski definition) is 4. The third-order valence-corrected chi connectivity index (χ3v) is 5.92. The highest BCUT2D eigenvalue weighted by molar-refractivity contribution is 5.88. The van der Waals surface area contributed by atoms with Crippen LogP contribution < -0.4 is 5.32 Å². The smallest absolute Gasteiger partial charge is 0.237 e. The molecule has 31 heavy (non-hydrogen) atoms. The number of aromatic amines is 1. The quantitative estimate of drug-likeness (QED) is 0.616. The standard InChI is InChI=1S/C24H29N5O2/c1-17-7-6-10-19-23(17)27-21(26-19)16-28(2)22(30)15-20-24(31)25-12-14-29(20)13-11-18-8-4-3-5-9-18/h3-10,20H,11-16H2,1-2H3,(H,25,31)(H,26,27). The van der Waals surface area contributed by atoms with E-state index in [1.807, 2.05) is 43.3 Å². The number of nitrogens with zero attached hydrogens (tertiary/aromatic N) is 3. The number of benzene rings is 2. The Morgan fingerprint density at radius 3 is 2.77 bits per heavy atom. The predicted octanol–water partition coefficient (Wildman–Crippen LogP) is 2.26. The molecule has 0 aliphatic carbocycles. The van der Waals surface area contributed by atoms with Crippen molar-refractivity contribution in [2.45, 2.75) is 32.4 Å². The molecule has 0 saturated carbocycles. The molecule has 1 aliphatic rings. The minimum atomic E-state index is -0.440. The lowest BCUT2D eigenvalue weighted by atomic mass is 10.1. The summed E-state index contributed by atoms with van der Waals surface area (Å²) >= 11 is 0. The van der Waals surface area contributed by atoms with Gasteiger partial charge in [0, 0.05) is 26.7 Å². The Morgan fingerprint density at radius 2 is 2.00 bits per heavy atom. The Labute approximate surface area is 182 Å². The van der Waals surface area contributed by atoms with Crippen molar-refractivity contribution in [3.05, 3.63) is 65.5 Å². The third-order valence-electron chi connectivity index (χ3n) is 5.92. The Hall–Kier alpha value is -3.19. The molecule has 1 aromatic heterocycles. The first kappa shape index (κ1) is 21.1. The molecular weight excluding hydrogens is 390 g/mol. The van der Waals surface area contributed by atoms with Crippen molar-refractivity contribution in [3.8, 4) is 0 Å². The first-order chi connectivity index (χ1) is 15.0. The van der Waals surface area contributed by atoms with E-state index in [2.05, 4.69) is 32.3 Å². The van der Waals surface area contributed by atoms with Gasteiger partial charge in [-0.2, -0.15) is 0 Å². The third kappa shape index (κ3) is 4.94. The van der Waals surface area contributed by atoms with Gasteiger partial charge < -0.3 is 15.2 Å². The fourth-order valence-corrected chi connectivity index (χ4v) is 4.10. The number of carbonyl (C=O) groups is 2. The molecule has 2 heterocycles. The van der Waals surface area contributed by atoms with Crippen LogP contribution in [-0.4, -0.2) is 64.3 Å².